The molecule has 1 fully saturated rings. The second-order valence-corrected chi connectivity index (χ2v) is 8.38. The van der Waals surface area contributed by atoms with Crippen LogP contribution >= 0.6 is 0 Å². The zero-order valence-corrected chi connectivity index (χ0v) is 16.3. The van der Waals surface area contributed by atoms with E-state index in [1.54, 1.807) is 48.3 Å². The Kier molecular flexibility index (Phi) is 5.81. The molecule has 3 rings (SSSR count). The molecule has 0 spiro atoms. The number of aryl methyl sites for hydroxylation is 1. The van der Waals surface area contributed by atoms with Crippen molar-refractivity contribution >= 4 is 21.7 Å². The third kappa shape index (κ3) is 4.48. The molecule has 1 saturated heterocycles. The van der Waals surface area contributed by atoms with Gasteiger partial charge < -0.3 is 10.1 Å². The summed E-state index contributed by atoms with van der Waals surface area (Å²) >= 11 is 0. The number of carbonyl (C=O) groups excluding carboxylic acids is 1. The number of aromatic nitrogens is 2. The third-order valence-electron chi connectivity index (χ3n) is 4.56. The Morgan fingerprint density at radius 1 is 1.22 bits per heavy atom. The summed E-state index contributed by atoms with van der Waals surface area (Å²) in [5.74, 6) is 0.805. The molecule has 27 heavy (non-hydrogen) atoms. The summed E-state index contributed by atoms with van der Waals surface area (Å²) in [5.41, 5.74) is 0. The van der Waals surface area contributed by atoms with Gasteiger partial charge in [-0.3, -0.25) is 9.48 Å². The van der Waals surface area contributed by atoms with Crippen LogP contribution in [0.1, 0.15) is 19.8 Å². The van der Waals surface area contributed by atoms with Crippen molar-refractivity contribution in [1.29, 1.82) is 0 Å². The molecule has 2 heterocycles. The first-order valence-corrected chi connectivity index (χ1v) is 10.4. The fourth-order valence-corrected chi connectivity index (χ4v) is 4.56. The number of nitrogens with one attached hydrogen (secondary N) is 1. The molecule has 1 aliphatic rings. The number of ether oxygens (including phenoxy) is 1. The minimum Gasteiger partial charge on any atom is -0.494 e. The second kappa shape index (κ2) is 8.10. The van der Waals surface area contributed by atoms with E-state index in [4.69, 9.17) is 4.74 Å². The summed E-state index contributed by atoms with van der Waals surface area (Å²) in [7, 11) is -1.79. The Morgan fingerprint density at radius 2 is 1.89 bits per heavy atom. The average Bonchev–Trinajstić information content (AvgIpc) is 3.07. The maximum absolute atomic E-state index is 12.8. The number of rotatable bonds is 6. The first kappa shape index (κ1) is 19.4. The van der Waals surface area contributed by atoms with Gasteiger partial charge in [-0.1, -0.05) is 0 Å². The number of nitrogens with zero attached hydrogens (tertiary/aromatic N) is 3. The van der Waals surface area contributed by atoms with Gasteiger partial charge in [0.25, 0.3) is 0 Å². The fourth-order valence-electron chi connectivity index (χ4n) is 3.09. The van der Waals surface area contributed by atoms with E-state index >= 15 is 0 Å². The molecule has 2 aromatic rings. The lowest BCUT2D eigenvalue weighted by Gasteiger charge is -2.30. The van der Waals surface area contributed by atoms with E-state index in [9.17, 15) is 13.2 Å². The molecule has 9 heteroatoms. The highest BCUT2D eigenvalue weighted by Gasteiger charge is 2.32. The van der Waals surface area contributed by atoms with Crippen LogP contribution in [-0.2, 0) is 21.9 Å². The van der Waals surface area contributed by atoms with Crippen molar-refractivity contribution in [3.8, 4) is 5.75 Å². The van der Waals surface area contributed by atoms with Gasteiger partial charge in [0.05, 0.1) is 11.5 Å². The summed E-state index contributed by atoms with van der Waals surface area (Å²) < 4.78 is 34.0. The summed E-state index contributed by atoms with van der Waals surface area (Å²) in [6.45, 7) is 3.03. The summed E-state index contributed by atoms with van der Waals surface area (Å²) in [5, 5.41) is 6.91. The van der Waals surface area contributed by atoms with Crippen molar-refractivity contribution in [3.63, 3.8) is 0 Å². The van der Waals surface area contributed by atoms with Crippen LogP contribution in [0, 0.1) is 5.92 Å². The van der Waals surface area contributed by atoms with Crippen LogP contribution in [0.15, 0.2) is 41.4 Å². The largest absolute Gasteiger partial charge is 0.494 e. The maximum atomic E-state index is 12.8. The zero-order valence-electron chi connectivity index (χ0n) is 15.5. The summed E-state index contributed by atoms with van der Waals surface area (Å²) in [6, 6.07) is 8.15. The van der Waals surface area contributed by atoms with Gasteiger partial charge in [0.2, 0.25) is 15.9 Å². The minimum atomic E-state index is -3.57. The zero-order chi connectivity index (χ0) is 19.4. The fraction of sp³-hybridized carbons (Fsp3) is 0.444. The van der Waals surface area contributed by atoms with Crippen molar-refractivity contribution in [2.24, 2.45) is 13.0 Å². The molecule has 1 N–H and O–H groups in total. The van der Waals surface area contributed by atoms with E-state index in [2.05, 4.69) is 10.4 Å². The number of amides is 1. The highest BCUT2D eigenvalue weighted by Crippen LogP contribution is 2.26. The van der Waals surface area contributed by atoms with Crippen LogP contribution in [0.25, 0.3) is 0 Å². The first-order chi connectivity index (χ1) is 12.9. The van der Waals surface area contributed by atoms with Gasteiger partial charge in [0, 0.05) is 38.3 Å². The lowest BCUT2D eigenvalue weighted by molar-refractivity contribution is -0.120. The Hall–Kier alpha value is -2.39. The molecule has 1 aliphatic heterocycles. The van der Waals surface area contributed by atoms with E-state index in [0.29, 0.717) is 44.1 Å². The Bertz CT molecular complexity index is 884. The van der Waals surface area contributed by atoms with E-state index in [-0.39, 0.29) is 16.7 Å². The van der Waals surface area contributed by atoms with E-state index in [1.165, 1.54) is 4.31 Å². The van der Waals surface area contributed by atoms with Crippen molar-refractivity contribution in [2.45, 2.75) is 24.7 Å². The number of hydrogen-bond donors (Lipinski definition) is 1. The number of benzene rings is 1. The Balaban J connectivity index is 1.59. The Labute approximate surface area is 159 Å². The maximum Gasteiger partial charge on any atom is 0.243 e. The predicted octanol–water partition coefficient (Wildman–Crippen LogP) is 1.86. The lowest BCUT2D eigenvalue weighted by atomic mass is 9.97. The monoisotopic (exact) mass is 392 g/mol. The molecule has 8 nitrogen and oxygen atoms in total. The second-order valence-electron chi connectivity index (χ2n) is 6.45. The quantitative estimate of drug-likeness (QED) is 0.810. The molecule has 0 atom stereocenters. The minimum absolute atomic E-state index is 0.119. The van der Waals surface area contributed by atoms with Crippen molar-refractivity contribution in [2.75, 3.05) is 25.0 Å². The number of hydrogen-bond acceptors (Lipinski definition) is 5. The van der Waals surface area contributed by atoms with Gasteiger partial charge in [-0.15, -0.1) is 0 Å². The topological polar surface area (TPSA) is 93.5 Å². The molecule has 146 valence electrons. The van der Waals surface area contributed by atoms with Crippen LogP contribution in [-0.4, -0.2) is 48.1 Å². The molecular formula is C18H24N4O4S. The third-order valence-corrected chi connectivity index (χ3v) is 6.47. The Morgan fingerprint density at radius 3 is 2.44 bits per heavy atom. The molecule has 0 unspecified atom stereocenters. The standard InChI is InChI=1S/C18H24N4O4S/c1-3-26-15-4-6-16(7-5-15)27(24,25)22-12-8-14(9-13-22)18(23)19-17-10-11-21(2)20-17/h4-7,10-11,14H,3,8-9,12-13H2,1-2H3,(H,19,20,23). The summed E-state index contributed by atoms with van der Waals surface area (Å²) in [6.07, 6.45) is 2.71. The number of anilines is 1. The van der Waals surface area contributed by atoms with Gasteiger partial charge in [0.15, 0.2) is 5.82 Å². The SMILES string of the molecule is CCOc1ccc(S(=O)(=O)N2CCC(C(=O)Nc3ccn(C)n3)CC2)cc1. The van der Waals surface area contributed by atoms with Crippen LogP contribution in [0.3, 0.4) is 0 Å². The molecule has 1 aromatic heterocycles. The number of sulfonamides is 1. The highest BCUT2D eigenvalue weighted by atomic mass is 32.2. The lowest BCUT2D eigenvalue weighted by Crippen LogP contribution is -2.41. The van der Waals surface area contributed by atoms with E-state index < -0.39 is 10.0 Å². The van der Waals surface area contributed by atoms with Gasteiger partial charge in [-0.2, -0.15) is 9.40 Å². The van der Waals surface area contributed by atoms with Crippen LogP contribution < -0.4 is 10.1 Å². The van der Waals surface area contributed by atoms with Gasteiger partial charge in [-0.05, 0) is 44.0 Å². The highest BCUT2D eigenvalue weighted by molar-refractivity contribution is 7.89. The molecule has 0 aliphatic carbocycles. The van der Waals surface area contributed by atoms with Crippen LogP contribution in [0.4, 0.5) is 5.82 Å². The molecule has 1 amide bonds. The van der Waals surface area contributed by atoms with E-state index in [0.717, 1.165) is 0 Å². The van der Waals surface area contributed by atoms with Crippen molar-refractivity contribution < 1.29 is 17.9 Å². The molecular weight excluding hydrogens is 368 g/mol. The molecule has 0 radical (unpaired) electrons. The van der Waals surface area contributed by atoms with Gasteiger partial charge in [0.1, 0.15) is 5.75 Å². The number of piperidine rings is 1. The average molecular weight is 392 g/mol. The van der Waals surface area contributed by atoms with Crippen molar-refractivity contribution in [3.05, 3.63) is 36.5 Å². The van der Waals surface area contributed by atoms with Gasteiger partial charge >= 0.3 is 0 Å². The molecule has 1 aromatic carbocycles. The molecule has 0 bridgehead atoms. The van der Waals surface area contributed by atoms with Crippen LogP contribution in [0.2, 0.25) is 0 Å². The summed E-state index contributed by atoms with van der Waals surface area (Å²) in [4.78, 5) is 12.6. The normalized spacial score (nSPS) is 16.2. The van der Waals surface area contributed by atoms with Crippen LogP contribution in [0.5, 0.6) is 5.75 Å². The van der Waals surface area contributed by atoms with E-state index in [1.807, 2.05) is 6.92 Å². The van der Waals surface area contributed by atoms with Gasteiger partial charge in [-0.25, -0.2) is 8.42 Å². The number of carbonyl (C=O) groups is 1. The smallest absolute Gasteiger partial charge is 0.243 e. The van der Waals surface area contributed by atoms with Crippen molar-refractivity contribution in [1.82, 2.24) is 14.1 Å². The predicted molar refractivity (Wildman–Crippen MR) is 101 cm³/mol. The molecule has 0 saturated carbocycles. The first-order valence-electron chi connectivity index (χ1n) is 8.93.